The molecular formula is C14H18Cl2SZr. The number of thioether (sulfide) groups is 1. The molecule has 1 heterocycles. The molecule has 1 aliphatic heterocycles. The van der Waals surface area contributed by atoms with Crippen LogP contribution in [-0.4, -0.2) is 5.25 Å². The Labute approximate surface area is 146 Å². The third-order valence-electron chi connectivity index (χ3n) is 2.79. The molecule has 18 heavy (non-hydrogen) atoms. The van der Waals surface area contributed by atoms with E-state index in [9.17, 15) is 0 Å². The van der Waals surface area contributed by atoms with Crippen LogP contribution < -0.4 is 24.8 Å². The Hall–Kier alpha value is 0.773. The molecule has 0 amide bonds. The van der Waals surface area contributed by atoms with Gasteiger partial charge in [0.25, 0.3) is 0 Å². The predicted octanol–water partition coefficient (Wildman–Crippen LogP) is -1.52. The van der Waals surface area contributed by atoms with Crippen molar-refractivity contribution in [2.75, 3.05) is 0 Å². The molecule has 1 unspecified atom stereocenters. The summed E-state index contributed by atoms with van der Waals surface area (Å²) in [6, 6.07) is 0. The van der Waals surface area contributed by atoms with E-state index in [1.165, 1.54) is 16.1 Å². The molecule has 0 aromatic heterocycles. The molecule has 0 radical (unpaired) electrons. The quantitative estimate of drug-likeness (QED) is 0.525. The molecule has 0 spiro atoms. The third-order valence-corrected chi connectivity index (χ3v) is 4.41. The summed E-state index contributed by atoms with van der Waals surface area (Å²) in [6.07, 6.45) is 11.3. The second-order valence-corrected chi connectivity index (χ2v) is 6.28. The standard InChI is InChI=1S/C14H18S.2ClH.Zr/c1-10(2)9-14(3,4)13-8-11-6-5-7-12(11)15-13;;;/h5-9,13H,1-4H3;2*1H;/q;;;+2/p-2. The van der Waals surface area contributed by atoms with Crippen molar-refractivity contribution in [1.29, 1.82) is 0 Å². The summed E-state index contributed by atoms with van der Waals surface area (Å²) in [6.45, 7) is 8.99. The van der Waals surface area contributed by atoms with Gasteiger partial charge in [-0.2, -0.15) is 0 Å². The Morgan fingerprint density at radius 2 is 1.89 bits per heavy atom. The Kier molecular flexibility index (Phi) is 9.54. The van der Waals surface area contributed by atoms with Gasteiger partial charge in [0.1, 0.15) is 0 Å². The zero-order valence-electron chi connectivity index (χ0n) is 11.1. The second-order valence-electron chi connectivity index (χ2n) is 5.09. The minimum atomic E-state index is 0. The molecule has 0 saturated carbocycles. The second kappa shape index (κ2) is 8.15. The van der Waals surface area contributed by atoms with Gasteiger partial charge in [-0.25, -0.2) is 0 Å². The molecule has 0 aromatic rings. The molecule has 0 aromatic carbocycles. The van der Waals surface area contributed by atoms with E-state index >= 15 is 0 Å². The fourth-order valence-electron chi connectivity index (χ4n) is 2.19. The van der Waals surface area contributed by atoms with Crippen LogP contribution in [0, 0.1) is 5.41 Å². The van der Waals surface area contributed by atoms with Gasteiger partial charge in [0.05, 0.1) is 0 Å². The zero-order chi connectivity index (χ0) is 11.1. The van der Waals surface area contributed by atoms with Gasteiger partial charge in [0.15, 0.2) is 0 Å². The van der Waals surface area contributed by atoms with Crippen molar-refractivity contribution in [3.8, 4) is 0 Å². The van der Waals surface area contributed by atoms with Crippen LogP contribution in [0.15, 0.2) is 46.4 Å². The van der Waals surface area contributed by atoms with Gasteiger partial charge in [-0.05, 0) is 30.9 Å². The van der Waals surface area contributed by atoms with Gasteiger partial charge in [-0.3, -0.25) is 0 Å². The monoisotopic (exact) mass is 378 g/mol. The van der Waals surface area contributed by atoms with E-state index in [1.54, 1.807) is 0 Å². The van der Waals surface area contributed by atoms with Crippen molar-refractivity contribution in [2.45, 2.75) is 32.9 Å². The van der Waals surface area contributed by atoms with E-state index in [1.807, 2.05) is 11.8 Å². The van der Waals surface area contributed by atoms with Crippen LogP contribution in [0.3, 0.4) is 0 Å². The van der Waals surface area contributed by atoms with E-state index in [0.717, 1.165) is 0 Å². The third kappa shape index (κ3) is 4.71. The van der Waals surface area contributed by atoms with Crippen LogP contribution >= 0.6 is 11.8 Å². The number of hydrogen-bond acceptors (Lipinski definition) is 1. The van der Waals surface area contributed by atoms with Gasteiger partial charge in [-0.1, -0.05) is 43.7 Å². The summed E-state index contributed by atoms with van der Waals surface area (Å²) in [7, 11) is 0. The smallest absolute Gasteiger partial charge is 1.00 e. The molecule has 4 heteroatoms. The average Bonchev–Trinajstić information content (AvgIpc) is 2.56. The Bertz CT molecular complexity index is 402. The predicted molar refractivity (Wildman–Crippen MR) is 69.9 cm³/mol. The topological polar surface area (TPSA) is 0 Å². The van der Waals surface area contributed by atoms with Crippen LogP contribution in [-0.2, 0) is 26.2 Å². The molecule has 0 fully saturated rings. The molecule has 1 atom stereocenters. The normalized spacial score (nSPS) is 19.7. The van der Waals surface area contributed by atoms with Crippen molar-refractivity contribution in [3.05, 3.63) is 46.4 Å². The van der Waals surface area contributed by atoms with E-state index in [4.69, 9.17) is 0 Å². The Balaban J connectivity index is 0. The van der Waals surface area contributed by atoms with E-state index < -0.39 is 0 Å². The van der Waals surface area contributed by atoms with Crippen LogP contribution in [0.25, 0.3) is 0 Å². The first-order valence-electron chi connectivity index (χ1n) is 5.42. The summed E-state index contributed by atoms with van der Waals surface area (Å²) >= 11 is 1.99. The number of fused-ring (bicyclic) bond motifs is 1. The van der Waals surface area contributed by atoms with Crippen molar-refractivity contribution in [2.24, 2.45) is 5.41 Å². The summed E-state index contributed by atoms with van der Waals surface area (Å²) in [4.78, 5) is 1.44. The number of halogens is 2. The molecule has 2 aliphatic rings. The maximum Gasteiger partial charge on any atom is 2.00 e. The van der Waals surface area contributed by atoms with Crippen LogP contribution in [0.2, 0.25) is 0 Å². The first kappa shape index (κ1) is 21.1. The van der Waals surface area contributed by atoms with Crippen molar-refractivity contribution < 1.29 is 51.0 Å². The largest absolute Gasteiger partial charge is 2.00 e. The maximum absolute atomic E-state index is 2.40. The van der Waals surface area contributed by atoms with E-state index in [0.29, 0.717) is 5.25 Å². The van der Waals surface area contributed by atoms with Gasteiger partial charge in [0.2, 0.25) is 0 Å². The van der Waals surface area contributed by atoms with Crippen molar-refractivity contribution in [3.63, 3.8) is 0 Å². The van der Waals surface area contributed by atoms with Gasteiger partial charge >= 0.3 is 26.2 Å². The van der Waals surface area contributed by atoms with Gasteiger partial charge in [0, 0.05) is 10.2 Å². The minimum absolute atomic E-state index is 0. The molecule has 2 rings (SSSR count). The van der Waals surface area contributed by atoms with Crippen LogP contribution in [0.5, 0.6) is 0 Å². The first-order valence-corrected chi connectivity index (χ1v) is 6.30. The fraction of sp³-hybridized carbons (Fsp3) is 0.429. The molecule has 0 nitrogen and oxygen atoms in total. The molecule has 0 N–H and O–H groups in total. The van der Waals surface area contributed by atoms with Gasteiger partial charge < -0.3 is 24.8 Å². The first-order chi connectivity index (χ1) is 6.99. The van der Waals surface area contributed by atoms with E-state index in [2.05, 4.69) is 58.1 Å². The van der Waals surface area contributed by atoms with Gasteiger partial charge in [-0.15, -0.1) is 11.8 Å². The van der Waals surface area contributed by atoms with Crippen molar-refractivity contribution in [1.82, 2.24) is 0 Å². The van der Waals surface area contributed by atoms with Crippen LogP contribution in [0.1, 0.15) is 27.7 Å². The SMILES string of the molecule is CC(C)=CC(C)(C)C1C=C2C=CC=C2S1.[Cl-].[Cl-].[Zr+2]. The maximum atomic E-state index is 2.40. The molecule has 1 aliphatic carbocycles. The molecule has 98 valence electrons. The summed E-state index contributed by atoms with van der Waals surface area (Å²) in [5.41, 5.74) is 3.07. The summed E-state index contributed by atoms with van der Waals surface area (Å²) in [5.74, 6) is 0. The number of rotatable bonds is 2. The van der Waals surface area contributed by atoms with Crippen LogP contribution in [0.4, 0.5) is 0 Å². The molecule has 0 bridgehead atoms. The number of allylic oxidation sites excluding steroid dienone is 6. The fourth-order valence-corrected chi connectivity index (χ4v) is 3.48. The Morgan fingerprint density at radius 1 is 1.28 bits per heavy atom. The zero-order valence-corrected chi connectivity index (χ0v) is 15.9. The average molecular weight is 380 g/mol. The Morgan fingerprint density at radius 3 is 2.39 bits per heavy atom. The molecule has 0 saturated heterocycles. The minimum Gasteiger partial charge on any atom is -1.00 e. The van der Waals surface area contributed by atoms with Crippen molar-refractivity contribution >= 4 is 11.8 Å². The summed E-state index contributed by atoms with van der Waals surface area (Å²) in [5, 5.41) is 0.582. The van der Waals surface area contributed by atoms with E-state index in [-0.39, 0.29) is 56.4 Å². The number of hydrogen-bond donors (Lipinski definition) is 0. The summed E-state index contributed by atoms with van der Waals surface area (Å²) < 4.78 is 0. The molecular weight excluding hydrogens is 362 g/mol.